The lowest BCUT2D eigenvalue weighted by Crippen LogP contribution is -2.43. The van der Waals surface area contributed by atoms with Crippen LogP contribution in [-0.4, -0.2) is 69.8 Å². The Labute approximate surface area is 189 Å². The Morgan fingerprint density at radius 3 is 1.84 bits per heavy atom. The van der Waals surface area contributed by atoms with Gasteiger partial charge in [0.05, 0.1) is 26.8 Å². The Morgan fingerprint density at radius 1 is 0.781 bits per heavy atom. The maximum Gasteiger partial charge on any atom is 0.328 e. The Hall–Kier alpha value is -2.25. The maximum absolute atomic E-state index is 12.3. The van der Waals surface area contributed by atoms with Gasteiger partial charge in [-0.15, -0.1) is 0 Å². The van der Waals surface area contributed by atoms with E-state index < -0.39 is 7.60 Å². The fourth-order valence-corrected chi connectivity index (χ4v) is 4.53. The van der Waals surface area contributed by atoms with Gasteiger partial charge in [-0.2, -0.15) is 0 Å². The Kier molecular flexibility index (Phi) is 9.40. The van der Waals surface area contributed by atoms with E-state index in [9.17, 15) is 29.9 Å². The molecule has 0 fully saturated rings. The number of unbranched alkanes of at least 4 members (excludes halogenated alkanes) is 1. The first-order valence-electron chi connectivity index (χ1n) is 10.8. The third-order valence-corrected chi connectivity index (χ3v) is 6.92. The monoisotopic (exact) mass is 468 g/mol. The number of likely N-dealkylation sites (N-methyl/N-ethyl adjacent to an activating group) is 1. The molecule has 0 aromatic heterocycles. The van der Waals surface area contributed by atoms with Crippen LogP contribution in [0.2, 0.25) is 0 Å². The fourth-order valence-electron chi connectivity index (χ4n) is 3.41. The van der Waals surface area contributed by atoms with Gasteiger partial charge >= 0.3 is 7.60 Å². The number of quaternary nitrogens is 1. The van der Waals surface area contributed by atoms with E-state index in [1.54, 1.807) is 18.2 Å². The first-order valence-corrected chi connectivity index (χ1v) is 12.5. The number of hydrogen-bond donors (Lipinski definition) is 5. The standard InChI is InChI=1S/C23H34NO7P/c1-24(2,12-5-7-19-9-11-21(26)23(28)17-19)13-14-31-32(29,30)15-4-3-6-18-8-10-20(25)22(27)16-18/h8-11,16-17H,3-7,12-15H2,1-2H3,(H4-,25,26,27,28,29,30)/p+1. The predicted octanol–water partition coefficient (Wildman–Crippen LogP) is 3.74. The molecule has 0 aliphatic heterocycles. The average Bonchev–Trinajstić information content (AvgIpc) is 2.70. The Balaban J connectivity index is 1.64. The van der Waals surface area contributed by atoms with E-state index in [1.807, 2.05) is 14.1 Å². The van der Waals surface area contributed by atoms with Gasteiger partial charge in [0.1, 0.15) is 13.2 Å². The van der Waals surface area contributed by atoms with Gasteiger partial charge in [-0.3, -0.25) is 4.57 Å². The van der Waals surface area contributed by atoms with Crippen LogP contribution in [0.3, 0.4) is 0 Å². The highest BCUT2D eigenvalue weighted by molar-refractivity contribution is 7.52. The number of phenols is 4. The molecule has 1 atom stereocenters. The molecule has 9 heteroatoms. The predicted molar refractivity (Wildman–Crippen MR) is 123 cm³/mol. The van der Waals surface area contributed by atoms with Crippen molar-refractivity contribution in [1.29, 1.82) is 0 Å². The highest BCUT2D eigenvalue weighted by Crippen LogP contribution is 2.42. The molecule has 0 radical (unpaired) electrons. The van der Waals surface area contributed by atoms with Gasteiger partial charge in [0.2, 0.25) is 0 Å². The van der Waals surface area contributed by atoms with E-state index in [0.29, 0.717) is 30.3 Å². The molecule has 2 aromatic rings. The second-order valence-corrected chi connectivity index (χ2v) is 10.8. The number of rotatable bonds is 13. The number of nitrogens with zero attached hydrogens (tertiary/aromatic N) is 1. The van der Waals surface area contributed by atoms with Crippen molar-refractivity contribution in [2.24, 2.45) is 0 Å². The van der Waals surface area contributed by atoms with Crippen LogP contribution in [-0.2, 0) is 21.9 Å². The molecule has 0 amide bonds. The zero-order valence-electron chi connectivity index (χ0n) is 18.8. The van der Waals surface area contributed by atoms with Crippen LogP contribution in [0.15, 0.2) is 36.4 Å². The minimum Gasteiger partial charge on any atom is -0.504 e. The minimum atomic E-state index is -3.65. The van der Waals surface area contributed by atoms with E-state index in [4.69, 9.17) is 4.52 Å². The van der Waals surface area contributed by atoms with E-state index in [2.05, 4.69) is 0 Å². The molecule has 32 heavy (non-hydrogen) atoms. The summed E-state index contributed by atoms with van der Waals surface area (Å²) in [4.78, 5) is 10.1. The summed E-state index contributed by atoms with van der Waals surface area (Å²) in [6.07, 6.45) is 3.53. The SMILES string of the molecule is C[N+](C)(CCCc1ccc(O)c(O)c1)CCOP(=O)(O)CCCCc1ccc(O)c(O)c1. The molecule has 5 N–H and O–H groups in total. The molecule has 0 aliphatic carbocycles. The summed E-state index contributed by atoms with van der Waals surface area (Å²) in [6, 6.07) is 9.46. The van der Waals surface area contributed by atoms with E-state index in [1.165, 1.54) is 18.2 Å². The Bertz CT molecular complexity index is 933. The number of aromatic hydroxyl groups is 4. The topological polar surface area (TPSA) is 127 Å². The van der Waals surface area contributed by atoms with Crippen molar-refractivity contribution in [3.63, 3.8) is 0 Å². The molecule has 1 unspecified atom stereocenters. The zero-order chi connectivity index (χ0) is 23.8. The summed E-state index contributed by atoms with van der Waals surface area (Å²) in [5.41, 5.74) is 1.80. The van der Waals surface area contributed by atoms with Crippen molar-refractivity contribution in [2.45, 2.75) is 32.1 Å². The largest absolute Gasteiger partial charge is 0.504 e. The summed E-state index contributed by atoms with van der Waals surface area (Å²) >= 11 is 0. The van der Waals surface area contributed by atoms with Crippen molar-refractivity contribution < 1.29 is 38.9 Å². The van der Waals surface area contributed by atoms with Crippen LogP contribution >= 0.6 is 7.60 Å². The van der Waals surface area contributed by atoms with Crippen LogP contribution in [0.5, 0.6) is 23.0 Å². The van der Waals surface area contributed by atoms with Crippen molar-refractivity contribution in [1.82, 2.24) is 0 Å². The van der Waals surface area contributed by atoms with Crippen molar-refractivity contribution >= 4 is 7.60 Å². The summed E-state index contributed by atoms with van der Waals surface area (Å²) in [5, 5.41) is 37.8. The molecule has 0 saturated heterocycles. The summed E-state index contributed by atoms with van der Waals surface area (Å²) in [7, 11) is 0.417. The van der Waals surface area contributed by atoms with Gasteiger partial charge in [-0.25, -0.2) is 0 Å². The zero-order valence-corrected chi connectivity index (χ0v) is 19.7. The minimum absolute atomic E-state index is 0.0782. The van der Waals surface area contributed by atoms with Gasteiger partial charge in [0.15, 0.2) is 23.0 Å². The second kappa shape index (κ2) is 11.6. The molecule has 8 nitrogen and oxygen atoms in total. The first-order chi connectivity index (χ1) is 15.0. The summed E-state index contributed by atoms with van der Waals surface area (Å²) in [6.45, 7) is 1.62. The molecule has 0 bridgehead atoms. The maximum atomic E-state index is 12.3. The molecular formula is C23H35NO7P+. The Morgan fingerprint density at radius 2 is 1.31 bits per heavy atom. The highest BCUT2D eigenvalue weighted by Gasteiger charge is 2.22. The highest BCUT2D eigenvalue weighted by atomic mass is 31.2. The summed E-state index contributed by atoms with van der Waals surface area (Å²) < 4.78 is 18.2. The quantitative estimate of drug-likeness (QED) is 0.131. The van der Waals surface area contributed by atoms with E-state index in [0.717, 1.165) is 30.5 Å². The van der Waals surface area contributed by atoms with Crippen LogP contribution < -0.4 is 0 Å². The third kappa shape index (κ3) is 9.09. The molecule has 2 rings (SSSR count). The smallest absolute Gasteiger partial charge is 0.328 e. The average molecular weight is 469 g/mol. The lowest BCUT2D eigenvalue weighted by Gasteiger charge is -2.30. The number of benzene rings is 2. The molecule has 0 heterocycles. The van der Waals surface area contributed by atoms with Gasteiger partial charge in [-0.05, 0) is 61.1 Å². The normalized spacial score (nSPS) is 13.7. The van der Waals surface area contributed by atoms with Crippen molar-refractivity contribution in [3.05, 3.63) is 47.5 Å². The van der Waals surface area contributed by atoms with E-state index in [-0.39, 0.29) is 35.8 Å². The van der Waals surface area contributed by atoms with Crippen molar-refractivity contribution in [2.75, 3.05) is 40.0 Å². The number of phenolic OH excluding ortho intramolecular Hbond substituents is 4. The molecule has 0 aliphatic rings. The molecule has 0 spiro atoms. The number of aryl methyl sites for hydroxylation is 2. The molecular weight excluding hydrogens is 433 g/mol. The van der Waals surface area contributed by atoms with Crippen LogP contribution in [0.4, 0.5) is 0 Å². The van der Waals surface area contributed by atoms with Crippen LogP contribution in [0, 0.1) is 0 Å². The van der Waals surface area contributed by atoms with Gasteiger partial charge in [-0.1, -0.05) is 12.1 Å². The van der Waals surface area contributed by atoms with Crippen LogP contribution in [0.1, 0.15) is 30.4 Å². The fraction of sp³-hybridized carbons (Fsp3) is 0.478. The lowest BCUT2D eigenvalue weighted by molar-refractivity contribution is -0.890. The molecule has 178 valence electrons. The molecule has 0 saturated carbocycles. The third-order valence-electron chi connectivity index (χ3n) is 5.45. The van der Waals surface area contributed by atoms with Crippen molar-refractivity contribution in [3.8, 4) is 23.0 Å². The number of hydrogen-bond acceptors (Lipinski definition) is 6. The van der Waals surface area contributed by atoms with Gasteiger partial charge < -0.3 is 34.3 Å². The lowest BCUT2D eigenvalue weighted by atomic mass is 10.1. The second-order valence-electron chi connectivity index (χ2n) is 8.78. The van der Waals surface area contributed by atoms with Gasteiger partial charge in [0.25, 0.3) is 0 Å². The van der Waals surface area contributed by atoms with Gasteiger partial charge in [0, 0.05) is 6.42 Å². The first kappa shape index (κ1) is 26.0. The molecule has 2 aromatic carbocycles. The summed E-state index contributed by atoms with van der Waals surface area (Å²) in [5.74, 6) is -0.580. The van der Waals surface area contributed by atoms with E-state index >= 15 is 0 Å². The van der Waals surface area contributed by atoms with Crippen LogP contribution in [0.25, 0.3) is 0 Å².